The van der Waals surface area contributed by atoms with Gasteiger partial charge in [-0.05, 0) is 52.4 Å². The van der Waals surface area contributed by atoms with Crippen LogP contribution in [0, 0.1) is 0 Å². The molecule has 0 spiro atoms. The lowest BCUT2D eigenvalue weighted by atomic mass is 10.2. The monoisotopic (exact) mass is 320 g/mol. The van der Waals surface area contributed by atoms with E-state index in [4.69, 9.17) is 0 Å². The van der Waals surface area contributed by atoms with Crippen LogP contribution < -0.4 is 0 Å². The van der Waals surface area contributed by atoms with E-state index < -0.39 is 9.84 Å². The number of hydrogen-bond acceptors (Lipinski definition) is 3. The van der Waals surface area contributed by atoms with Gasteiger partial charge in [-0.15, -0.1) is 0 Å². The lowest BCUT2D eigenvalue weighted by Gasteiger charge is -2.22. The molecule has 1 fully saturated rings. The van der Waals surface area contributed by atoms with Crippen LogP contribution in [0.15, 0.2) is 33.6 Å². The number of sulfone groups is 1. The zero-order chi connectivity index (χ0) is 11.6. The molecule has 16 heavy (non-hydrogen) atoms. The molecule has 0 aliphatic carbocycles. The summed E-state index contributed by atoms with van der Waals surface area (Å²) >= 11 is 5.15. The maximum Gasteiger partial charge on any atom is 0.182 e. The number of halogens is 1. The fourth-order valence-corrected chi connectivity index (χ4v) is 6.03. The van der Waals surface area contributed by atoms with Crippen molar-refractivity contribution in [3.63, 3.8) is 0 Å². The van der Waals surface area contributed by atoms with Gasteiger partial charge in [0, 0.05) is 4.47 Å². The largest absolute Gasteiger partial charge is 0.223 e. The molecular weight excluding hydrogens is 308 g/mol. The van der Waals surface area contributed by atoms with Crippen LogP contribution in [0.1, 0.15) is 12.8 Å². The molecule has 1 saturated heterocycles. The van der Waals surface area contributed by atoms with Crippen molar-refractivity contribution in [2.24, 2.45) is 0 Å². The maximum absolute atomic E-state index is 12.4. The van der Waals surface area contributed by atoms with Gasteiger partial charge < -0.3 is 0 Å². The summed E-state index contributed by atoms with van der Waals surface area (Å²) in [5, 5.41) is -0.201. The average molecular weight is 321 g/mol. The lowest BCUT2D eigenvalue weighted by Crippen LogP contribution is -2.26. The second kappa shape index (κ2) is 5.10. The van der Waals surface area contributed by atoms with Crippen LogP contribution in [0.3, 0.4) is 0 Å². The van der Waals surface area contributed by atoms with Gasteiger partial charge in [0.15, 0.2) is 9.84 Å². The highest BCUT2D eigenvalue weighted by Gasteiger charge is 2.30. The van der Waals surface area contributed by atoms with Crippen LogP contribution in [-0.2, 0) is 9.84 Å². The molecule has 0 N–H and O–H groups in total. The van der Waals surface area contributed by atoms with Crippen LogP contribution in [-0.4, -0.2) is 25.2 Å². The summed E-state index contributed by atoms with van der Waals surface area (Å²) in [6, 6.07) is 7.07. The third kappa shape index (κ3) is 2.46. The first-order valence-corrected chi connectivity index (χ1v) is 8.68. The highest BCUT2D eigenvalue weighted by molar-refractivity contribution is 9.10. The first-order valence-electron chi connectivity index (χ1n) is 5.18. The van der Waals surface area contributed by atoms with Gasteiger partial charge in [0.25, 0.3) is 0 Å². The quantitative estimate of drug-likeness (QED) is 0.839. The van der Waals surface area contributed by atoms with Crippen LogP contribution in [0.5, 0.6) is 0 Å². The smallest absolute Gasteiger partial charge is 0.182 e. The van der Waals surface area contributed by atoms with Crippen molar-refractivity contribution in [3.8, 4) is 0 Å². The number of rotatable bonds is 2. The third-order valence-corrected chi connectivity index (χ3v) is 7.07. The first-order chi connectivity index (χ1) is 7.62. The molecule has 0 saturated carbocycles. The molecule has 2 rings (SSSR count). The molecular formula is C11H13BrO2S2. The Morgan fingerprint density at radius 1 is 1.19 bits per heavy atom. The Morgan fingerprint density at radius 2 is 1.81 bits per heavy atom. The highest BCUT2D eigenvalue weighted by Crippen LogP contribution is 2.31. The number of thioether (sulfide) groups is 1. The average Bonchev–Trinajstić information content (AvgIpc) is 2.30. The molecule has 0 atom stereocenters. The second-order valence-corrected chi connectivity index (χ2v) is 8.06. The van der Waals surface area contributed by atoms with Crippen molar-refractivity contribution in [2.75, 3.05) is 11.5 Å². The molecule has 88 valence electrons. The van der Waals surface area contributed by atoms with Gasteiger partial charge in [-0.3, -0.25) is 0 Å². The van der Waals surface area contributed by atoms with E-state index >= 15 is 0 Å². The minimum absolute atomic E-state index is 0.201. The molecule has 1 aromatic rings. The van der Waals surface area contributed by atoms with Gasteiger partial charge in [-0.2, -0.15) is 11.8 Å². The first kappa shape index (κ1) is 12.5. The number of benzene rings is 1. The fraction of sp³-hybridized carbons (Fsp3) is 0.455. The van der Waals surface area contributed by atoms with Gasteiger partial charge >= 0.3 is 0 Å². The van der Waals surface area contributed by atoms with Crippen molar-refractivity contribution in [1.82, 2.24) is 0 Å². The molecule has 0 aromatic heterocycles. The van der Waals surface area contributed by atoms with Crippen LogP contribution in [0.2, 0.25) is 0 Å². The topological polar surface area (TPSA) is 34.1 Å². The molecule has 5 heteroatoms. The Labute approximate surface area is 109 Å². The Kier molecular flexibility index (Phi) is 3.97. The molecule has 0 bridgehead atoms. The molecule has 0 radical (unpaired) electrons. The number of hydrogen-bond donors (Lipinski definition) is 0. The summed E-state index contributed by atoms with van der Waals surface area (Å²) in [6.07, 6.45) is 1.54. The van der Waals surface area contributed by atoms with Crippen molar-refractivity contribution >= 4 is 37.5 Å². The standard InChI is InChI=1S/C11H13BrO2S2/c12-10-3-1-2-4-11(10)16(13,14)9-5-7-15-8-6-9/h1-4,9H,5-8H2. The van der Waals surface area contributed by atoms with Crippen molar-refractivity contribution in [1.29, 1.82) is 0 Å². The summed E-state index contributed by atoms with van der Waals surface area (Å²) < 4.78 is 25.4. The highest BCUT2D eigenvalue weighted by atomic mass is 79.9. The summed E-state index contributed by atoms with van der Waals surface area (Å²) in [4.78, 5) is 0.437. The Balaban J connectivity index is 2.35. The van der Waals surface area contributed by atoms with E-state index in [0.717, 1.165) is 24.3 Å². The van der Waals surface area contributed by atoms with Crippen LogP contribution in [0.25, 0.3) is 0 Å². The fourth-order valence-electron chi connectivity index (χ4n) is 1.84. The zero-order valence-corrected chi connectivity index (χ0v) is 11.9. The summed E-state index contributed by atoms with van der Waals surface area (Å²) in [7, 11) is -3.15. The van der Waals surface area contributed by atoms with E-state index in [1.807, 2.05) is 17.8 Å². The van der Waals surface area contributed by atoms with Gasteiger partial charge in [0.1, 0.15) is 0 Å². The molecule has 1 aliphatic heterocycles. The van der Waals surface area contributed by atoms with E-state index in [9.17, 15) is 8.42 Å². The molecule has 0 unspecified atom stereocenters. The maximum atomic E-state index is 12.4. The normalized spacial score (nSPS) is 18.6. The van der Waals surface area contributed by atoms with E-state index in [1.54, 1.807) is 18.2 Å². The van der Waals surface area contributed by atoms with Crippen molar-refractivity contribution in [2.45, 2.75) is 23.0 Å². The van der Waals surface area contributed by atoms with E-state index in [-0.39, 0.29) is 5.25 Å². The predicted molar refractivity (Wildman–Crippen MR) is 71.7 cm³/mol. The van der Waals surface area contributed by atoms with Crippen LogP contribution in [0.4, 0.5) is 0 Å². The van der Waals surface area contributed by atoms with Crippen molar-refractivity contribution < 1.29 is 8.42 Å². The van der Waals surface area contributed by atoms with E-state index in [1.165, 1.54) is 0 Å². The van der Waals surface area contributed by atoms with Gasteiger partial charge in [0.2, 0.25) is 0 Å². The Bertz CT molecular complexity index is 465. The molecule has 2 nitrogen and oxygen atoms in total. The predicted octanol–water partition coefficient (Wildman–Crippen LogP) is 3.12. The van der Waals surface area contributed by atoms with E-state index in [2.05, 4.69) is 15.9 Å². The Hall–Kier alpha value is -0.000000000000000111. The molecule has 1 aromatic carbocycles. The minimum atomic E-state index is -3.15. The SMILES string of the molecule is O=S(=O)(c1ccccc1Br)C1CCSCC1. The van der Waals surface area contributed by atoms with E-state index in [0.29, 0.717) is 9.37 Å². The third-order valence-electron chi connectivity index (χ3n) is 2.75. The second-order valence-electron chi connectivity index (χ2n) is 3.79. The Morgan fingerprint density at radius 3 is 2.44 bits per heavy atom. The lowest BCUT2D eigenvalue weighted by molar-refractivity contribution is 0.570. The minimum Gasteiger partial charge on any atom is -0.223 e. The van der Waals surface area contributed by atoms with Gasteiger partial charge in [-0.25, -0.2) is 8.42 Å². The molecule has 1 heterocycles. The molecule has 0 amide bonds. The van der Waals surface area contributed by atoms with Crippen molar-refractivity contribution in [3.05, 3.63) is 28.7 Å². The molecule has 1 aliphatic rings. The van der Waals surface area contributed by atoms with Gasteiger partial charge in [0.05, 0.1) is 10.1 Å². The van der Waals surface area contributed by atoms with Gasteiger partial charge in [-0.1, -0.05) is 12.1 Å². The summed E-state index contributed by atoms with van der Waals surface area (Å²) in [6.45, 7) is 0. The van der Waals surface area contributed by atoms with Crippen LogP contribution >= 0.6 is 27.7 Å². The summed E-state index contributed by atoms with van der Waals surface area (Å²) in [5.74, 6) is 1.91. The zero-order valence-electron chi connectivity index (χ0n) is 8.73. The summed E-state index contributed by atoms with van der Waals surface area (Å²) in [5.41, 5.74) is 0.